The molecule has 0 bridgehead atoms. The number of nitrogens with zero attached hydrogens (tertiary/aromatic N) is 3. The number of non-ortho nitro benzene ring substituents is 1. The number of carbonyl (C=O) groups is 1. The second-order valence-corrected chi connectivity index (χ2v) is 6.90. The van der Waals surface area contributed by atoms with Crippen LogP contribution in [-0.2, 0) is 4.79 Å². The Morgan fingerprint density at radius 1 is 1.22 bits per heavy atom. The van der Waals surface area contributed by atoms with E-state index in [9.17, 15) is 24.6 Å². The molecule has 1 amide bonds. The van der Waals surface area contributed by atoms with Crippen LogP contribution in [0.2, 0.25) is 0 Å². The highest BCUT2D eigenvalue weighted by Gasteiger charge is 2.18. The highest BCUT2D eigenvalue weighted by molar-refractivity contribution is 6.10. The first kappa shape index (κ1) is 22.2. The highest BCUT2D eigenvalue weighted by Crippen LogP contribution is 2.29. The topological polar surface area (TPSA) is 110 Å². The van der Waals surface area contributed by atoms with Gasteiger partial charge < -0.3 is 14.6 Å². The SMILES string of the molecule is COc1ccc([N+](=O)[O-])cc1NC(=O)/C(C#N)=C/c1cc(C)n(-c2ccc(F)cc2)c1C. The Morgan fingerprint density at radius 2 is 1.91 bits per heavy atom. The molecule has 8 nitrogen and oxygen atoms in total. The number of aromatic nitrogens is 1. The Hall–Kier alpha value is -4.45. The number of anilines is 1. The van der Waals surface area contributed by atoms with Crippen molar-refractivity contribution in [2.45, 2.75) is 13.8 Å². The Bertz CT molecular complexity index is 1270. The smallest absolute Gasteiger partial charge is 0.271 e. The molecular formula is C23H19FN4O4. The normalized spacial score (nSPS) is 11.0. The minimum absolute atomic E-state index is 0.0737. The van der Waals surface area contributed by atoms with Gasteiger partial charge in [0.1, 0.15) is 23.2 Å². The van der Waals surface area contributed by atoms with Crippen LogP contribution < -0.4 is 10.1 Å². The number of rotatable bonds is 6. The number of hydrogen-bond acceptors (Lipinski definition) is 5. The largest absolute Gasteiger partial charge is 0.495 e. The van der Waals surface area contributed by atoms with E-state index in [0.29, 0.717) is 5.56 Å². The molecule has 3 aromatic rings. The summed E-state index contributed by atoms with van der Waals surface area (Å²) in [4.78, 5) is 23.2. The van der Waals surface area contributed by atoms with E-state index in [2.05, 4.69) is 5.32 Å². The molecule has 0 aliphatic rings. The number of nitro benzene ring substituents is 1. The van der Waals surface area contributed by atoms with E-state index in [1.165, 1.54) is 37.5 Å². The van der Waals surface area contributed by atoms with Crippen LogP contribution in [0.4, 0.5) is 15.8 Å². The van der Waals surface area contributed by atoms with Crippen molar-refractivity contribution in [2.24, 2.45) is 0 Å². The molecule has 9 heteroatoms. The van der Waals surface area contributed by atoms with Gasteiger partial charge in [0.25, 0.3) is 11.6 Å². The zero-order valence-electron chi connectivity index (χ0n) is 17.5. The minimum Gasteiger partial charge on any atom is -0.495 e. The zero-order valence-corrected chi connectivity index (χ0v) is 17.5. The van der Waals surface area contributed by atoms with Crippen molar-refractivity contribution in [3.63, 3.8) is 0 Å². The molecule has 0 spiro atoms. The second-order valence-electron chi connectivity index (χ2n) is 6.90. The first-order chi connectivity index (χ1) is 15.2. The number of nitrogens with one attached hydrogen (secondary N) is 1. The van der Waals surface area contributed by atoms with Crippen molar-refractivity contribution < 1.29 is 18.8 Å². The van der Waals surface area contributed by atoms with E-state index in [1.54, 1.807) is 18.2 Å². The number of nitriles is 1. The molecule has 0 saturated heterocycles. The van der Waals surface area contributed by atoms with Crippen LogP contribution in [0.3, 0.4) is 0 Å². The van der Waals surface area contributed by atoms with E-state index in [0.717, 1.165) is 23.1 Å². The highest BCUT2D eigenvalue weighted by atomic mass is 19.1. The molecule has 3 rings (SSSR count). The molecule has 0 saturated carbocycles. The third kappa shape index (κ3) is 4.49. The molecule has 1 aromatic heterocycles. The molecule has 32 heavy (non-hydrogen) atoms. The average Bonchev–Trinajstić information content (AvgIpc) is 3.05. The molecule has 0 fully saturated rings. The number of aryl methyl sites for hydroxylation is 1. The summed E-state index contributed by atoms with van der Waals surface area (Å²) >= 11 is 0. The molecular weight excluding hydrogens is 415 g/mol. The molecule has 0 aliphatic heterocycles. The number of ether oxygens (including phenoxy) is 1. The van der Waals surface area contributed by atoms with E-state index in [-0.39, 0.29) is 28.5 Å². The van der Waals surface area contributed by atoms with Crippen LogP contribution >= 0.6 is 0 Å². The van der Waals surface area contributed by atoms with Crippen LogP contribution in [0.25, 0.3) is 11.8 Å². The van der Waals surface area contributed by atoms with E-state index in [4.69, 9.17) is 4.74 Å². The van der Waals surface area contributed by atoms with Gasteiger partial charge in [-0.15, -0.1) is 0 Å². The minimum atomic E-state index is -0.738. The van der Waals surface area contributed by atoms with Crippen molar-refractivity contribution in [3.8, 4) is 17.5 Å². The molecule has 0 unspecified atom stereocenters. The molecule has 0 radical (unpaired) electrons. The van der Waals surface area contributed by atoms with Gasteiger partial charge >= 0.3 is 0 Å². The summed E-state index contributed by atoms with van der Waals surface area (Å²) in [6.07, 6.45) is 1.43. The maximum absolute atomic E-state index is 13.3. The summed E-state index contributed by atoms with van der Waals surface area (Å²) < 4.78 is 20.3. The number of benzene rings is 2. The predicted molar refractivity (Wildman–Crippen MR) is 117 cm³/mol. The number of amides is 1. The number of hydrogen-bond donors (Lipinski definition) is 1. The van der Waals surface area contributed by atoms with Crippen molar-refractivity contribution in [1.82, 2.24) is 4.57 Å². The zero-order chi connectivity index (χ0) is 23.4. The quantitative estimate of drug-likeness (QED) is 0.262. The number of carbonyl (C=O) groups excluding carboxylic acids is 1. The number of halogens is 1. The first-order valence-corrected chi connectivity index (χ1v) is 9.45. The number of nitro groups is 1. The summed E-state index contributed by atoms with van der Waals surface area (Å²) in [6, 6.07) is 13.4. The van der Waals surface area contributed by atoms with Crippen LogP contribution in [0, 0.1) is 41.1 Å². The lowest BCUT2D eigenvalue weighted by atomic mass is 10.1. The van der Waals surface area contributed by atoms with Crippen LogP contribution in [-0.4, -0.2) is 22.5 Å². The molecule has 1 heterocycles. The molecule has 162 valence electrons. The lowest BCUT2D eigenvalue weighted by molar-refractivity contribution is -0.384. The van der Waals surface area contributed by atoms with Gasteiger partial charge in [-0.3, -0.25) is 14.9 Å². The summed E-state index contributed by atoms with van der Waals surface area (Å²) in [7, 11) is 1.36. The van der Waals surface area contributed by atoms with Gasteiger partial charge in [0.2, 0.25) is 0 Å². The van der Waals surface area contributed by atoms with Crippen LogP contribution in [0.5, 0.6) is 5.75 Å². The average molecular weight is 434 g/mol. The van der Waals surface area contributed by atoms with Gasteiger partial charge in [0.15, 0.2) is 0 Å². The third-order valence-corrected chi connectivity index (χ3v) is 4.86. The summed E-state index contributed by atoms with van der Waals surface area (Å²) in [6.45, 7) is 3.67. The maximum Gasteiger partial charge on any atom is 0.271 e. The van der Waals surface area contributed by atoms with E-state index in [1.807, 2.05) is 24.5 Å². The summed E-state index contributed by atoms with van der Waals surface area (Å²) in [5.41, 5.74) is 2.60. The lowest BCUT2D eigenvalue weighted by Gasteiger charge is -2.10. The van der Waals surface area contributed by atoms with E-state index >= 15 is 0 Å². The van der Waals surface area contributed by atoms with E-state index < -0.39 is 10.8 Å². The summed E-state index contributed by atoms with van der Waals surface area (Å²) in [5, 5.41) is 23.1. The molecule has 1 N–H and O–H groups in total. The van der Waals surface area contributed by atoms with Gasteiger partial charge in [0, 0.05) is 29.2 Å². The fourth-order valence-electron chi connectivity index (χ4n) is 3.32. The Morgan fingerprint density at radius 3 is 2.50 bits per heavy atom. The van der Waals surface area contributed by atoms with Gasteiger partial charge in [-0.1, -0.05) is 0 Å². The third-order valence-electron chi connectivity index (χ3n) is 4.86. The summed E-state index contributed by atoms with van der Waals surface area (Å²) in [5.74, 6) is -0.870. The standard InChI is InChI=1S/C23H19FN4O4/c1-14-10-16(15(2)27(14)19-6-4-18(24)5-7-19)11-17(13-25)23(29)26-21-12-20(28(30)31)8-9-22(21)32-3/h4-12H,1-3H3,(H,26,29)/b17-11+. The van der Waals surface area contributed by atoms with Crippen molar-refractivity contribution in [3.05, 3.63) is 87.0 Å². The van der Waals surface area contributed by atoms with Crippen LogP contribution in [0.1, 0.15) is 17.0 Å². The Labute approximate surface area is 183 Å². The Kier molecular flexibility index (Phi) is 6.35. The predicted octanol–water partition coefficient (Wildman–Crippen LogP) is 4.70. The number of methoxy groups -OCH3 is 1. The lowest BCUT2D eigenvalue weighted by Crippen LogP contribution is -2.14. The van der Waals surface area contributed by atoms with Crippen molar-refractivity contribution >= 4 is 23.4 Å². The first-order valence-electron chi connectivity index (χ1n) is 9.45. The maximum atomic E-state index is 13.3. The molecule has 0 atom stereocenters. The fraction of sp³-hybridized carbons (Fsp3) is 0.130. The second kappa shape index (κ2) is 9.14. The monoisotopic (exact) mass is 434 g/mol. The van der Waals surface area contributed by atoms with Crippen molar-refractivity contribution in [2.75, 3.05) is 12.4 Å². The van der Waals surface area contributed by atoms with Crippen molar-refractivity contribution in [1.29, 1.82) is 5.26 Å². The molecule has 0 aliphatic carbocycles. The van der Waals surface area contributed by atoms with Gasteiger partial charge in [-0.25, -0.2) is 4.39 Å². The Balaban J connectivity index is 1.95. The fourth-order valence-corrected chi connectivity index (χ4v) is 3.32. The van der Waals surface area contributed by atoms with Gasteiger partial charge in [0.05, 0.1) is 17.7 Å². The van der Waals surface area contributed by atoms with Gasteiger partial charge in [-0.05, 0) is 61.9 Å². The molecule has 2 aromatic carbocycles. The van der Waals surface area contributed by atoms with Gasteiger partial charge in [-0.2, -0.15) is 5.26 Å². The van der Waals surface area contributed by atoms with Crippen LogP contribution in [0.15, 0.2) is 54.1 Å².